The van der Waals surface area contributed by atoms with E-state index < -0.39 is 38.7 Å². The molecule has 0 bridgehead atoms. The van der Waals surface area contributed by atoms with Crippen molar-refractivity contribution in [2.45, 2.75) is 56.3 Å². The number of nitrogens with one attached hydrogen (secondary N) is 1. The molecule has 0 aromatic heterocycles. The van der Waals surface area contributed by atoms with Gasteiger partial charge in [-0.05, 0) is 69.2 Å². The molecule has 1 saturated heterocycles. The average Bonchev–Trinajstić information content (AvgIpc) is 2.80. The maximum absolute atomic E-state index is 13.3. The van der Waals surface area contributed by atoms with E-state index in [1.54, 1.807) is 30.9 Å². The first-order valence-corrected chi connectivity index (χ1v) is 12.8. The summed E-state index contributed by atoms with van der Waals surface area (Å²) in [6.07, 6.45) is -3.66. The Kier molecular flexibility index (Phi) is 8.42. The van der Waals surface area contributed by atoms with Gasteiger partial charge in [0.15, 0.2) is 0 Å². The quantitative estimate of drug-likeness (QED) is 0.516. The first-order valence-electron chi connectivity index (χ1n) is 11.4. The Bertz CT molecular complexity index is 1110. The predicted molar refractivity (Wildman–Crippen MR) is 125 cm³/mol. The molecule has 1 amide bonds. The van der Waals surface area contributed by atoms with Crippen molar-refractivity contribution in [3.63, 3.8) is 0 Å². The zero-order valence-electron chi connectivity index (χ0n) is 19.6. The van der Waals surface area contributed by atoms with Crippen molar-refractivity contribution in [1.82, 2.24) is 9.21 Å². The number of sulfonamides is 1. The molecule has 1 heterocycles. The molecule has 0 saturated carbocycles. The van der Waals surface area contributed by atoms with Crippen LogP contribution in [0, 0.1) is 5.82 Å². The lowest BCUT2D eigenvalue weighted by molar-refractivity contribution is -0.137. The Morgan fingerprint density at radius 1 is 1.11 bits per heavy atom. The number of benzene rings is 2. The van der Waals surface area contributed by atoms with E-state index in [0.717, 1.165) is 12.1 Å². The maximum Gasteiger partial charge on any atom is 0.416 e. The van der Waals surface area contributed by atoms with Crippen LogP contribution in [0.1, 0.15) is 38.7 Å². The van der Waals surface area contributed by atoms with Gasteiger partial charge in [0, 0.05) is 43.8 Å². The second kappa shape index (κ2) is 10.9. The van der Waals surface area contributed by atoms with E-state index in [2.05, 4.69) is 5.32 Å². The number of likely N-dealkylation sites (tertiary alicyclic amines) is 1. The molecule has 1 aliphatic rings. The summed E-state index contributed by atoms with van der Waals surface area (Å²) in [6, 6.07) is 8.67. The van der Waals surface area contributed by atoms with Crippen LogP contribution in [0.25, 0.3) is 0 Å². The first-order chi connectivity index (χ1) is 16.4. The van der Waals surface area contributed by atoms with Gasteiger partial charge in [0.25, 0.3) is 0 Å². The van der Waals surface area contributed by atoms with Crippen LogP contribution in [-0.4, -0.2) is 55.2 Å². The van der Waals surface area contributed by atoms with Crippen LogP contribution in [0.2, 0.25) is 0 Å². The lowest BCUT2D eigenvalue weighted by Gasteiger charge is -2.39. The highest BCUT2D eigenvalue weighted by molar-refractivity contribution is 7.89. The monoisotopic (exact) mass is 515 g/mol. The third kappa shape index (κ3) is 6.72. The third-order valence-corrected chi connectivity index (χ3v) is 8.06. The molecule has 1 N–H and O–H groups in total. The minimum Gasteiger partial charge on any atom is -0.385 e. The van der Waals surface area contributed by atoms with E-state index in [1.807, 2.05) is 0 Å². The highest BCUT2D eigenvalue weighted by Gasteiger charge is 2.38. The lowest BCUT2D eigenvalue weighted by Crippen LogP contribution is -2.51. The molecule has 0 unspecified atom stereocenters. The molecule has 0 aliphatic carbocycles. The molecule has 11 heteroatoms. The van der Waals surface area contributed by atoms with E-state index in [9.17, 15) is 30.8 Å². The van der Waals surface area contributed by atoms with Crippen molar-refractivity contribution in [3.8, 4) is 0 Å². The van der Waals surface area contributed by atoms with Crippen molar-refractivity contribution in [1.29, 1.82) is 0 Å². The fourth-order valence-corrected chi connectivity index (χ4v) is 6.19. The summed E-state index contributed by atoms with van der Waals surface area (Å²) in [5.74, 6) is -0.435. The number of amides is 1. The number of hydrogen-bond donors (Lipinski definition) is 1. The second-order valence-corrected chi connectivity index (χ2v) is 10.6. The first kappa shape index (κ1) is 26.9. The number of carbonyl (C=O) groups excluding carboxylic acids is 1. The standard InChI is InChI=1S/C24H29F4N3O3S/c1-17(2)31(35(33,34)22-5-3-4-18(16-22)24(26,27)28)21-11-14-30(15-12-21)23(32)10-13-29-20-8-6-19(25)7-9-20/h3-9,16-17,21,29H,10-15H2,1-2H3. The van der Waals surface area contributed by atoms with Crippen molar-refractivity contribution in [3.05, 3.63) is 59.9 Å². The van der Waals surface area contributed by atoms with Gasteiger partial charge in [0.2, 0.25) is 15.9 Å². The van der Waals surface area contributed by atoms with E-state index in [0.29, 0.717) is 44.2 Å². The summed E-state index contributed by atoms with van der Waals surface area (Å²) in [6.45, 7) is 4.43. The molecule has 1 fully saturated rings. The van der Waals surface area contributed by atoms with Gasteiger partial charge in [0.1, 0.15) is 5.82 Å². The minimum absolute atomic E-state index is 0.0881. The predicted octanol–water partition coefficient (Wildman–Crippen LogP) is 4.74. The number of alkyl halides is 3. The number of halogens is 4. The summed E-state index contributed by atoms with van der Waals surface area (Å²) in [5, 5.41) is 3.06. The van der Waals surface area contributed by atoms with E-state index in [4.69, 9.17) is 0 Å². The third-order valence-electron chi connectivity index (χ3n) is 5.94. The summed E-state index contributed by atoms with van der Waals surface area (Å²) in [7, 11) is -4.18. The Morgan fingerprint density at radius 3 is 2.31 bits per heavy atom. The van der Waals surface area contributed by atoms with Gasteiger partial charge in [-0.15, -0.1) is 0 Å². The Balaban J connectivity index is 1.61. The normalized spacial score (nSPS) is 15.6. The van der Waals surface area contributed by atoms with Crippen molar-refractivity contribution in [2.24, 2.45) is 0 Å². The molecule has 2 aromatic carbocycles. The van der Waals surface area contributed by atoms with Crippen molar-refractivity contribution >= 4 is 21.6 Å². The van der Waals surface area contributed by atoms with E-state index >= 15 is 0 Å². The van der Waals surface area contributed by atoms with Crippen molar-refractivity contribution < 1.29 is 30.8 Å². The topological polar surface area (TPSA) is 69.7 Å². The van der Waals surface area contributed by atoms with Crippen LogP contribution < -0.4 is 5.32 Å². The van der Waals surface area contributed by atoms with Gasteiger partial charge >= 0.3 is 6.18 Å². The number of nitrogens with zero attached hydrogens (tertiary/aromatic N) is 2. The van der Waals surface area contributed by atoms with Gasteiger partial charge in [-0.2, -0.15) is 17.5 Å². The molecule has 35 heavy (non-hydrogen) atoms. The zero-order chi connectivity index (χ0) is 25.8. The number of carbonyl (C=O) groups is 1. The summed E-state index contributed by atoms with van der Waals surface area (Å²) >= 11 is 0. The molecule has 1 aliphatic heterocycles. The maximum atomic E-state index is 13.3. The number of rotatable bonds is 8. The summed E-state index contributed by atoms with van der Waals surface area (Å²) in [4.78, 5) is 13.9. The molecular formula is C24H29F4N3O3S. The van der Waals surface area contributed by atoms with Crippen LogP contribution in [0.4, 0.5) is 23.2 Å². The number of hydrogen-bond acceptors (Lipinski definition) is 4. The Labute approximate surface area is 203 Å². The molecule has 2 aromatic rings. The fourth-order valence-electron chi connectivity index (χ4n) is 4.26. The van der Waals surface area contributed by atoms with Crippen LogP contribution in [0.3, 0.4) is 0 Å². The number of anilines is 1. The van der Waals surface area contributed by atoms with Gasteiger partial charge in [-0.25, -0.2) is 12.8 Å². The highest BCUT2D eigenvalue weighted by atomic mass is 32.2. The largest absolute Gasteiger partial charge is 0.416 e. The molecule has 3 rings (SSSR count). The Hall–Kier alpha value is -2.66. The van der Waals surface area contributed by atoms with Crippen LogP contribution in [0.5, 0.6) is 0 Å². The van der Waals surface area contributed by atoms with E-state index in [1.165, 1.54) is 22.5 Å². The molecule has 192 valence electrons. The van der Waals surface area contributed by atoms with Gasteiger partial charge in [-0.3, -0.25) is 4.79 Å². The number of piperidine rings is 1. The van der Waals surface area contributed by atoms with Gasteiger partial charge < -0.3 is 10.2 Å². The molecule has 0 atom stereocenters. The molecule has 6 nitrogen and oxygen atoms in total. The van der Waals surface area contributed by atoms with Crippen LogP contribution >= 0.6 is 0 Å². The van der Waals surface area contributed by atoms with Crippen LogP contribution in [0.15, 0.2) is 53.4 Å². The fraction of sp³-hybridized carbons (Fsp3) is 0.458. The second-order valence-electron chi connectivity index (χ2n) is 8.75. The summed E-state index contributed by atoms with van der Waals surface area (Å²) in [5.41, 5.74) is -0.317. The molecular weight excluding hydrogens is 486 g/mol. The smallest absolute Gasteiger partial charge is 0.385 e. The SMILES string of the molecule is CC(C)N(C1CCN(C(=O)CCNc2ccc(F)cc2)CC1)S(=O)(=O)c1cccc(C(F)(F)F)c1. The van der Waals surface area contributed by atoms with Crippen molar-refractivity contribution in [2.75, 3.05) is 25.0 Å². The zero-order valence-corrected chi connectivity index (χ0v) is 20.4. The minimum atomic E-state index is -4.65. The highest BCUT2D eigenvalue weighted by Crippen LogP contribution is 2.33. The van der Waals surface area contributed by atoms with Gasteiger partial charge in [0.05, 0.1) is 10.5 Å². The average molecular weight is 516 g/mol. The summed E-state index contributed by atoms with van der Waals surface area (Å²) < 4.78 is 80.2. The van der Waals surface area contributed by atoms with Gasteiger partial charge in [-0.1, -0.05) is 6.07 Å². The molecule has 0 radical (unpaired) electrons. The molecule has 0 spiro atoms. The van der Waals surface area contributed by atoms with Crippen LogP contribution in [-0.2, 0) is 21.0 Å². The Morgan fingerprint density at radius 2 is 1.74 bits per heavy atom. The van der Waals surface area contributed by atoms with E-state index in [-0.39, 0.29) is 18.1 Å². The lowest BCUT2D eigenvalue weighted by atomic mass is 10.0.